The fourth-order valence-corrected chi connectivity index (χ4v) is 4.04. The molecule has 1 aromatic rings. The third-order valence-corrected chi connectivity index (χ3v) is 5.26. The fraction of sp³-hybridized carbons (Fsp3) is 0.429. The molecule has 0 radical (unpaired) electrons. The zero-order valence-corrected chi connectivity index (χ0v) is 13.2. The summed E-state index contributed by atoms with van der Waals surface area (Å²) in [5.74, 6) is -3.40. The maximum absolute atomic E-state index is 13.3. The highest BCUT2D eigenvalue weighted by atomic mass is 32.2. The van der Waals surface area contributed by atoms with Crippen molar-refractivity contribution in [3.8, 4) is 0 Å². The molecule has 0 saturated carbocycles. The molecule has 1 aliphatic heterocycles. The minimum atomic E-state index is -3.13. The van der Waals surface area contributed by atoms with Crippen molar-refractivity contribution in [1.29, 1.82) is 0 Å². The van der Waals surface area contributed by atoms with Crippen LogP contribution < -0.4 is 10.2 Å². The summed E-state index contributed by atoms with van der Waals surface area (Å²) in [5.41, 5.74) is 0.0468. The lowest BCUT2D eigenvalue weighted by atomic mass is 10.2. The van der Waals surface area contributed by atoms with Gasteiger partial charge in [0.25, 0.3) is 0 Å². The number of nitrogens with zero attached hydrogens (tertiary/aromatic N) is 1. The van der Waals surface area contributed by atoms with Gasteiger partial charge in [-0.1, -0.05) is 0 Å². The van der Waals surface area contributed by atoms with E-state index in [4.69, 9.17) is 0 Å². The molecule has 23 heavy (non-hydrogen) atoms. The molecule has 2 amide bonds. The molecule has 1 atom stereocenters. The molecule has 1 saturated heterocycles. The lowest BCUT2D eigenvalue weighted by Crippen LogP contribution is -2.44. The van der Waals surface area contributed by atoms with E-state index in [0.717, 1.165) is 17.0 Å². The third kappa shape index (κ3) is 4.47. The molecule has 2 rings (SSSR count). The summed E-state index contributed by atoms with van der Waals surface area (Å²) in [6.45, 7) is 0.783. The molecule has 1 aliphatic rings. The topological polar surface area (TPSA) is 83.6 Å². The van der Waals surface area contributed by atoms with Crippen molar-refractivity contribution in [2.45, 2.75) is 19.4 Å². The number of benzene rings is 1. The van der Waals surface area contributed by atoms with Gasteiger partial charge in [-0.05, 0) is 18.6 Å². The number of hydrogen-bond donors (Lipinski definition) is 1. The van der Waals surface area contributed by atoms with E-state index in [2.05, 4.69) is 5.32 Å². The van der Waals surface area contributed by atoms with Gasteiger partial charge >= 0.3 is 0 Å². The standard InChI is InChI=1S/C14H16F2N2O4S/c1-9(19)18(11-2-3-12(15)13(16)6-11)7-14(20)17-10-4-5-23(21,22)8-10/h2-3,6,10H,4-5,7-8H2,1H3,(H,17,20). The van der Waals surface area contributed by atoms with Gasteiger partial charge < -0.3 is 10.2 Å². The molecule has 0 aromatic heterocycles. The van der Waals surface area contributed by atoms with E-state index in [1.165, 1.54) is 13.0 Å². The minimum Gasteiger partial charge on any atom is -0.351 e. The lowest BCUT2D eigenvalue weighted by molar-refractivity contribution is -0.123. The van der Waals surface area contributed by atoms with Gasteiger partial charge in [-0.2, -0.15) is 0 Å². The van der Waals surface area contributed by atoms with Crippen LogP contribution >= 0.6 is 0 Å². The summed E-state index contributed by atoms with van der Waals surface area (Å²) in [7, 11) is -3.13. The van der Waals surface area contributed by atoms with E-state index < -0.39 is 45.9 Å². The van der Waals surface area contributed by atoms with Crippen LogP contribution in [0.3, 0.4) is 0 Å². The maximum atomic E-state index is 13.3. The lowest BCUT2D eigenvalue weighted by Gasteiger charge is -2.22. The number of sulfone groups is 1. The van der Waals surface area contributed by atoms with Gasteiger partial charge in [0.2, 0.25) is 11.8 Å². The predicted molar refractivity (Wildman–Crippen MR) is 79.6 cm³/mol. The molecular formula is C14H16F2N2O4S. The quantitative estimate of drug-likeness (QED) is 0.866. The zero-order chi connectivity index (χ0) is 17.2. The third-order valence-electron chi connectivity index (χ3n) is 3.49. The summed E-state index contributed by atoms with van der Waals surface area (Å²) in [4.78, 5) is 24.6. The second-order valence-electron chi connectivity index (χ2n) is 5.37. The minimum absolute atomic E-state index is 0.0115. The van der Waals surface area contributed by atoms with Crippen LogP contribution in [0.15, 0.2) is 18.2 Å². The number of nitrogens with one attached hydrogen (secondary N) is 1. The van der Waals surface area contributed by atoms with E-state index in [1.807, 2.05) is 0 Å². The summed E-state index contributed by atoms with van der Waals surface area (Å²) < 4.78 is 48.9. The van der Waals surface area contributed by atoms with Crippen LogP contribution in [0.2, 0.25) is 0 Å². The number of carbonyl (C=O) groups excluding carboxylic acids is 2. The Balaban J connectivity index is 2.06. The van der Waals surface area contributed by atoms with Crippen molar-refractivity contribution in [2.24, 2.45) is 0 Å². The summed E-state index contributed by atoms with van der Waals surface area (Å²) in [5, 5.41) is 2.54. The Morgan fingerprint density at radius 2 is 2.00 bits per heavy atom. The molecule has 1 heterocycles. The van der Waals surface area contributed by atoms with E-state index in [1.54, 1.807) is 0 Å². The highest BCUT2D eigenvalue weighted by molar-refractivity contribution is 7.91. The smallest absolute Gasteiger partial charge is 0.240 e. The van der Waals surface area contributed by atoms with E-state index in [-0.39, 0.29) is 17.2 Å². The first-order valence-corrected chi connectivity index (χ1v) is 8.73. The van der Waals surface area contributed by atoms with Gasteiger partial charge in [0.05, 0.1) is 11.5 Å². The van der Waals surface area contributed by atoms with Crippen molar-refractivity contribution < 1.29 is 26.8 Å². The largest absolute Gasteiger partial charge is 0.351 e. The van der Waals surface area contributed by atoms with Gasteiger partial charge in [0.1, 0.15) is 6.54 Å². The summed E-state index contributed by atoms with van der Waals surface area (Å²) >= 11 is 0. The molecule has 1 N–H and O–H groups in total. The van der Waals surface area contributed by atoms with Crippen molar-refractivity contribution in [1.82, 2.24) is 5.32 Å². The summed E-state index contributed by atoms with van der Waals surface area (Å²) in [6.07, 6.45) is 0.319. The second-order valence-corrected chi connectivity index (χ2v) is 7.60. The zero-order valence-electron chi connectivity index (χ0n) is 12.4. The monoisotopic (exact) mass is 346 g/mol. The molecule has 1 aromatic carbocycles. The van der Waals surface area contributed by atoms with Gasteiger partial charge in [-0.3, -0.25) is 9.59 Å². The van der Waals surface area contributed by atoms with Crippen molar-refractivity contribution in [2.75, 3.05) is 23.0 Å². The van der Waals surface area contributed by atoms with Crippen LogP contribution in [0, 0.1) is 11.6 Å². The molecule has 0 bridgehead atoms. The predicted octanol–water partition coefficient (Wildman–Crippen LogP) is 0.621. The number of amides is 2. The SMILES string of the molecule is CC(=O)N(CC(=O)NC1CCS(=O)(=O)C1)c1ccc(F)c(F)c1. The van der Waals surface area contributed by atoms with Gasteiger partial charge in [-0.15, -0.1) is 0 Å². The number of anilines is 1. The average molecular weight is 346 g/mol. The molecule has 6 nitrogen and oxygen atoms in total. The molecule has 1 unspecified atom stereocenters. The molecule has 9 heteroatoms. The highest BCUT2D eigenvalue weighted by Crippen LogP contribution is 2.18. The second kappa shape index (κ2) is 6.61. The Morgan fingerprint density at radius 3 is 2.52 bits per heavy atom. The average Bonchev–Trinajstić information content (AvgIpc) is 2.78. The first kappa shape index (κ1) is 17.3. The van der Waals surface area contributed by atoms with Crippen LogP contribution in [0.4, 0.5) is 14.5 Å². The van der Waals surface area contributed by atoms with Crippen molar-refractivity contribution in [3.63, 3.8) is 0 Å². The van der Waals surface area contributed by atoms with Crippen molar-refractivity contribution in [3.05, 3.63) is 29.8 Å². The molecular weight excluding hydrogens is 330 g/mol. The molecule has 1 fully saturated rings. The maximum Gasteiger partial charge on any atom is 0.240 e. The normalized spacial score (nSPS) is 19.3. The molecule has 126 valence electrons. The Bertz CT molecular complexity index is 736. The van der Waals surface area contributed by atoms with E-state index in [0.29, 0.717) is 6.42 Å². The Hall–Kier alpha value is -2.03. The molecule has 0 aliphatic carbocycles. The van der Waals surface area contributed by atoms with Crippen LogP contribution in [0.25, 0.3) is 0 Å². The number of hydrogen-bond acceptors (Lipinski definition) is 4. The number of carbonyl (C=O) groups is 2. The first-order valence-electron chi connectivity index (χ1n) is 6.91. The number of rotatable bonds is 4. The summed E-state index contributed by atoms with van der Waals surface area (Å²) in [6, 6.07) is 2.38. The van der Waals surface area contributed by atoms with Crippen LogP contribution in [0.5, 0.6) is 0 Å². The van der Waals surface area contributed by atoms with Gasteiger partial charge in [0, 0.05) is 24.7 Å². The van der Waals surface area contributed by atoms with Gasteiger partial charge in [0.15, 0.2) is 21.5 Å². The van der Waals surface area contributed by atoms with Crippen LogP contribution in [-0.2, 0) is 19.4 Å². The van der Waals surface area contributed by atoms with Crippen molar-refractivity contribution >= 4 is 27.3 Å². The van der Waals surface area contributed by atoms with Crippen LogP contribution in [0.1, 0.15) is 13.3 Å². The molecule has 0 spiro atoms. The fourth-order valence-electron chi connectivity index (χ4n) is 2.36. The van der Waals surface area contributed by atoms with E-state index >= 15 is 0 Å². The Labute approximate surface area is 132 Å². The Morgan fingerprint density at radius 1 is 1.30 bits per heavy atom. The Kier molecular flexibility index (Phi) is 4.98. The highest BCUT2D eigenvalue weighted by Gasteiger charge is 2.29. The number of halogens is 2. The van der Waals surface area contributed by atoms with Gasteiger partial charge in [-0.25, -0.2) is 17.2 Å². The van der Waals surface area contributed by atoms with Crippen LogP contribution in [-0.4, -0.2) is 44.3 Å². The van der Waals surface area contributed by atoms with E-state index in [9.17, 15) is 26.8 Å². The first-order chi connectivity index (χ1) is 10.7.